The van der Waals surface area contributed by atoms with Crippen LogP contribution in [0.25, 0.3) is 0 Å². The van der Waals surface area contributed by atoms with Crippen LogP contribution in [-0.2, 0) is 29.2 Å². The van der Waals surface area contributed by atoms with Crippen molar-refractivity contribution in [3.8, 4) is 0 Å². The highest BCUT2D eigenvalue weighted by Gasteiger charge is 2.61. The Morgan fingerprint density at radius 3 is 2.07 bits per heavy atom. The van der Waals surface area contributed by atoms with Crippen LogP contribution in [0.3, 0.4) is 0 Å². The highest BCUT2D eigenvalue weighted by atomic mass is 19.4. The molecule has 2 N–H and O–H groups in total. The molecule has 0 aliphatic carbocycles. The quantitative estimate of drug-likeness (QED) is 0.459. The first kappa shape index (κ1) is 34.6. The predicted molar refractivity (Wildman–Crippen MR) is 132 cm³/mol. The van der Waals surface area contributed by atoms with Gasteiger partial charge in [0.25, 0.3) is 5.56 Å². The van der Waals surface area contributed by atoms with Gasteiger partial charge in [0, 0.05) is 25.2 Å². The van der Waals surface area contributed by atoms with E-state index < -0.39 is 86.0 Å². The topological polar surface area (TPSA) is 91.6 Å². The molecule has 0 bridgehead atoms. The van der Waals surface area contributed by atoms with Gasteiger partial charge in [-0.3, -0.25) is 19.3 Å². The molecule has 0 spiro atoms. The number of halogens is 9. The van der Waals surface area contributed by atoms with E-state index in [2.05, 4.69) is 0 Å². The SMILES string of the molecule is Cc1cccc(Cc2c(C(F)(F)F)ccn(C)c2=O)c1.O=C(O)CNC(=O)C1(C(F)(F)F)CCN(CC(F)(F)F)CC1. The lowest BCUT2D eigenvalue weighted by atomic mass is 9.76. The number of nitrogens with one attached hydrogen (secondary N) is 1. The van der Waals surface area contributed by atoms with Crippen LogP contribution in [0.15, 0.2) is 41.3 Å². The number of carboxylic acid groups (broad SMARTS) is 1. The lowest BCUT2D eigenvalue weighted by molar-refractivity contribution is -0.236. The van der Waals surface area contributed by atoms with Crippen molar-refractivity contribution in [3.05, 3.63) is 69.1 Å². The summed E-state index contributed by atoms with van der Waals surface area (Å²) in [4.78, 5) is 34.8. The normalized spacial score (nSPS) is 15.9. The van der Waals surface area contributed by atoms with Crippen molar-refractivity contribution in [1.29, 1.82) is 0 Å². The number of piperidine rings is 1. The molecule has 1 aliphatic heterocycles. The van der Waals surface area contributed by atoms with E-state index in [1.807, 2.05) is 13.0 Å². The molecule has 16 heteroatoms. The van der Waals surface area contributed by atoms with Crippen LogP contribution in [0.1, 0.15) is 35.1 Å². The number of pyridine rings is 1. The van der Waals surface area contributed by atoms with Crippen LogP contribution < -0.4 is 10.9 Å². The molecule has 0 unspecified atom stereocenters. The average Bonchev–Trinajstić information content (AvgIpc) is 2.84. The first-order valence-electron chi connectivity index (χ1n) is 12.3. The second kappa shape index (κ2) is 13.2. The van der Waals surface area contributed by atoms with Crippen molar-refractivity contribution in [1.82, 2.24) is 14.8 Å². The van der Waals surface area contributed by atoms with Crippen LogP contribution in [0.4, 0.5) is 39.5 Å². The molecule has 3 rings (SSSR count). The Morgan fingerprint density at radius 1 is 1.00 bits per heavy atom. The molecule has 7 nitrogen and oxygen atoms in total. The van der Waals surface area contributed by atoms with Crippen LogP contribution >= 0.6 is 0 Å². The summed E-state index contributed by atoms with van der Waals surface area (Å²) in [6.45, 7) is -1.59. The third-order valence-electron chi connectivity index (χ3n) is 6.63. The second-order valence-electron chi connectivity index (χ2n) is 9.84. The van der Waals surface area contributed by atoms with Gasteiger partial charge < -0.3 is 15.0 Å². The number of hydrogen-bond acceptors (Lipinski definition) is 4. The van der Waals surface area contributed by atoms with E-state index in [4.69, 9.17) is 5.11 Å². The minimum atomic E-state index is -4.97. The van der Waals surface area contributed by atoms with Crippen LogP contribution in [-0.4, -0.2) is 65.0 Å². The zero-order valence-corrected chi connectivity index (χ0v) is 22.4. The van der Waals surface area contributed by atoms with Gasteiger partial charge in [0.05, 0.1) is 12.1 Å². The fourth-order valence-corrected chi connectivity index (χ4v) is 4.46. The number of carboxylic acids is 1. The summed E-state index contributed by atoms with van der Waals surface area (Å²) in [5.41, 5.74) is -2.90. The molecule has 0 saturated carbocycles. The lowest BCUT2D eigenvalue weighted by Crippen LogP contribution is -2.57. The largest absolute Gasteiger partial charge is 0.480 e. The summed E-state index contributed by atoms with van der Waals surface area (Å²) in [7, 11) is 1.45. The van der Waals surface area contributed by atoms with Crippen molar-refractivity contribution in [2.75, 3.05) is 26.2 Å². The maximum atomic E-state index is 13.2. The highest BCUT2D eigenvalue weighted by molar-refractivity contribution is 5.86. The maximum Gasteiger partial charge on any atom is 0.416 e. The van der Waals surface area contributed by atoms with E-state index in [1.54, 1.807) is 23.5 Å². The van der Waals surface area contributed by atoms with Gasteiger partial charge in [0.1, 0.15) is 12.0 Å². The molecule has 1 fully saturated rings. The van der Waals surface area contributed by atoms with Crippen molar-refractivity contribution in [3.63, 3.8) is 0 Å². The average molecular weight is 618 g/mol. The molecule has 1 saturated heterocycles. The molecular formula is C26H28F9N3O4. The van der Waals surface area contributed by atoms with Crippen molar-refractivity contribution >= 4 is 11.9 Å². The molecule has 1 aromatic heterocycles. The number of carbonyl (C=O) groups is 2. The number of aliphatic carboxylic acids is 1. The minimum Gasteiger partial charge on any atom is -0.480 e. The maximum absolute atomic E-state index is 13.2. The number of aryl methyl sites for hydroxylation is 2. The van der Waals surface area contributed by atoms with Gasteiger partial charge in [-0.1, -0.05) is 29.8 Å². The van der Waals surface area contributed by atoms with Gasteiger partial charge >= 0.3 is 24.5 Å². The fraction of sp³-hybridized carbons (Fsp3) is 0.500. The van der Waals surface area contributed by atoms with Gasteiger partial charge in [-0.15, -0.1) is 0 Å². The standard InChI is InChI=1S/C15H14F3NO.C11H14F6N2O3/c1-10-4-3-5-11(8-10)9-12-13(15(16,17)18)6-7-19(2)14(12)20;12-10(13,14)6-19-3-1-9(2-4-19,11(15,16)17)8(22)18-5-7(20)21/h3-8H,9H2,1-2H3;1-6H2,(H,18,22)(H,20,21). The third-order valence-corrected chi connectivity index (χ3v) is 6.63. The molecular weight excluding hydrogens is 589 g/mol. The number of likely N-dealkylation sites (tertiary alicyclic amines) is 1. The number of amides is 1. The minimum absolute atomic E-state index is 0.0238. The third kappa shape index (κ3) is 9.22. The van der Waals surface area contributed by atoms with E-state index in [0.29, 0.717) is 5.56 Å². The molecule has 0 radical (unpaired) electrons. The summed E-state index contributed by atoms with van der Waals surface area (Å²) in [6, 6.07) is 8.08. The number of rotatable bonds is 6. The Kier molecular flexibility index (Phi) is 10.9. The molecule has 1 aromatic carbocycles. The van der Waals surface area contributed by atoms with E-state index in [0.717, 1.165) is 22.7 Å². The van der Waals surface area contributed by atoms with Crippen molar-refractivity contribution < 1.29 is 54.2 Å². The Labute approximate surface area is 233 Å². The second-order valence-corrected chi connectivity index (χ2v) is 9.84. The molecule has 2 heterocycles. The zero-order valence-electron chi connectivity index (χ0n) is 22.4. The Bertz CT molecular complexity index is 1310. The summed E-state index contributed by atoms with van der Waals surface area (Å²) in [5.74, 6) is -3.03. The van der Waals surface area contributed by atoms with Gasteiger partial charge in [0.15, 0.2) is 0 Å². The number of alkyl halides is 9. The molecule has 42 heavy (non-hydrogen) atoms. The van der Waals surface area contributed by atoms with Crippen molar-refractivity contribution in [2.45, 2.75) is 44.7 Å². The summed E-state index contributed by atoms with van der Waals surface area (Å²) in [5, 5.41) is 10.1. The number of hydrogen-bond donors (Lipinski definition) is 2. The van der Waals surface area contributed by atoms with Crippen LogP contribution in [0.2, 0.25) is 0 Å². The van der Waals surface area contributed by atoms with E-state index in [-0.39, 0.29) is 12.0 Å². The smallest absolute Gasteiger partial charge is 0.416 e. The van der Waals surface area contributed by atoms with Crippen LogP contribution in [0, 0.1) is 12.3 Å². The molecule has 1 amide bonds. The molecule has 234 valence electrons. The van der Waals surface area contributed by atoms with Gasteiger partial charge in [-0.05, 0) is 44.5 Å². The van der Waals surface area contributed by atoms with Gasteiger partial charge in [0.2, 0.25) is 5.91 Å². The zero-order chi connectivity index (χ0) is 32.1. The monoisotopic (exact) mass is 617 g/mol. The summed E-state index contributed by atoms with van der Waals surface area (Å²) >= 11 is 0. The fourth-order valence-electron chi connectivity index (χ4n) is 4.46. The number of benzene rings is 1. The lowest BCUT2D eigenvalue weighted by Gasteiger charge is -2.41. The number of nitrogens with zero attached hydrogens (tertiary/aromatic N) is 2. The summed E-state index contributed by atoms with van der Waals surface area (Å²) < 4.78 is 116. The number of carbonyl (C=O) groups excluding carboxylic acids is 1. The van der Waals surface area contributed by atoms with Crippen molar-refractivity contribution in [2.24, 2.45) is 12.5 Å². The Morgan fingerprint density at radius 2 is 1.60 bits per heavy atom. The Hall–Kier alpha value is -3.56. The van der Waals surface area contributed by atoms with Gasteiger partial charge in [-0.2, -0.15) is 39.5 Å². The number of aromatic nitrogens is 1. The first-order chi connectivity index (χ1) is 19.2. The predicted octanol–water partition coefficient (Wildman–Crippen LogP) is 4.70. The molecule has 0 atom stereocenters. The highest BCUT2D eigenvalue weighted by Crippen LogP contribution is 2.46. The first-order valence-corrected chi connectivity index (χ1v) is 12.3. The molecule has 1 aliphatic rings. The van der Waals surface area contributed by atoms with E-state index in [9.17, 15) is 53.9 Å². The molecule has 2 aromatic rings. The summed E-state index contributed by atoms with van der Waals surface area (Å²) in [6.07, 6.45) is -14.6. The van der Waals surface area contributed by atoms with Gasteiger partial charge in [-0.25, -0.2) is 0 Å². The van der Waals surface area contributed by atoms with Crippen LogP contribution in [0.5, 0.6) is 0 Å². The van der Waals surface area contributed by atoms with E-state index >= 15 is 0 Å². The Balaban J connectivity index is 0.000000294. The van der Waals surface area contributed by atoms with E-state index in [1.165, 1.54) is 11.6 Å².